The fraction of sp³-hybridized carbons (Fsp3) is 0.143. The van der Waals surface area contributed by atoms with Gasteiger partial charge in [-0.3, -0.25) is 9.78 Å². The van der Waals surface area contributed by atoms with Crippen molar-refractivity contribution in [3.05, 3.63) is 48.2 Å². The predicted octanol–water partition coefficient (Wildman–Crippen LogP) is 2.38. The van der Waals surface area contributed by atoms with E-state index in [4.69, 9.17) is 9.84 Å². The first-order valence-corrected chi connectivity index (χ1v) is 5.51. The van der Waals surface area contributed by atoms with Crippen LogP contribution in [0, 0.1) is 0 Å². The zero-order valence-electron chi connectivity index (χ0n) is 9.96. The van der Waals surface area contributed by atoms with Crippen molar-refractivity contribution in [2.24, 2.45) is 0 Å². The summed E-state index contributed by atoms with van der Waals surface area (Å²) in [6.07, 6.45) is 1.48. The van der Waals surface area contributed by atoms with Crippen LogP contribution >= 0.6 is 0 Å². The van der Waals surface area contributed by atoms with Crippen LogP contribution in [0.25, 0.3) is 11.3 Å². The van der Waals surface area contributed by atoms with Crippen LogP contribution in [0.5, 0.6) is 5.75 Å². The summed E-state index contributed by atoms with van der Waals surface area (Å²) in [6.45, 7) is 0. The Balaban J connectivity index is 2.42. The molecule has 92 valence electrons. The lowest BCUT2D eigenvalue weighted by atomic mass is 10.1. The van der Waals surface area contributed by atoms with Crippen molar-refractivity contribution in [2.45, 2.75) is 6.42 Å². The van der Waals surface area contributed by atoms with E-state index in [2.05, 4.69) is 4.98 Å². The summed E-state index contributed by atoms with van der Waals surface area (Å²) in [7, 11) is 1.50. The fourth-order valence-corrected chi connectivity index (χ4v) is 1.74. The molecule has 1 N–H and O–H groups in total. The van der Waals surface area contributed by atoms with Gasteiger partial charge in [-0.2, -0.15) is 0 Å². The highest BCUT2D eigenvalue weighted by atomic mass is 16.5. The molecule has 18 heavy (non-hydrogen) atoms. The summed E-state index contributed by atoms with van der Waals surface area (Å²) in [6, 6.07) is 11.4. The van der Waals surface area contributed by atoms with Gasteiger partial charge in [0.05, 0.1) is 25.4 Å². The first-order chi connectivity index (χ1) is 8.70. The largest absolute Gasteiger partial charge is 0.495 e. The Morgan fingerprint density at radius 3 is 2.67 bits per heavy atom. The summed E-state index contributed by atoms with van der Waals surface area (Å²) < 4.78 is 5.11. The van der Waals surface area contributed by atoms with Crippen LogP contribution in [-0.2, 0) is 11.2 Å². The van der Waals surface area contributed by atoms with E-state index in [-0.39, 0.29) is 6.42 Å². The lowest BCUT2D eigenvalue weighted by molar-refractivity contribution is -0.136. The van der Waals surface area contributed by atoms with Gasteiger partial charge in [0.15, 0.2) is 0 Å². The Kier molecular flexibility index (Phi) is 3.57. The third-order valence-corrected chi connectivity index (χ3v) is 2.58. The molecular formula is C14H13NO3. The fourth-order valence-electron chi connectivity index (χ4n) is 1.74. The lowest BCUT2D eigenvalue weighted by Gasteiger charge is -2.08. The Bertz CT molecular complexity index is 552. The van der Waals surface area contributed by atoms with Gasteiger partial charge >= 0.3 is 5.97 Å². The molecule has 0 spiro atoms. The number of pyridine rings is 1. The third kappa shape index (κ3) is 2.66. The number of hydrogen-bond donors (Lipinski definition) is 1. The maximum Gasteiger partial charge on any atom is 0.307 e. The molecule has 4 nitrogen and oxygen atoms in total. The number of aliphatic carboxylic acids is 1. The van der Waals surface area contributed by atoms with Gasteiger partial charge in [-0.1, -0.05) is 30.3 Å². The minimum Gasteiger partial charge on any atom is -0.495 e. The van der Waals surface area contributed by atoms with Crippen LogP contribution in [-0.4, -0.2) is 23.2 Å². The molecule has 1 aromatic heterocycles. The number of carboxylic acid groups (broad SMARTS) is 1. The molecule has 2 aromatic rings. The topological polar surface area (TPSA) is 59.4 Å². The van der Waals surface area contributed by atoms with Gasteiger partial charge in [-0.25, -0.2) is 0 Å². The smallest absolute Gasteiger partial charge is 0.307 e. The summed E-state index contributed by atoms with van der Waals surface area (Å²) in [5.74, 6) is -0.393. The molecule has 0 radical (unpaired) electrons. The van der Waals surface area contributed by atoms with Gasteiger partial charge in [0, 0.05) is 11.1 Å². The van der Waals surface area contributed by atoms with Crippen molar-refractivity contribution in [1.29, 1.82) is 0 Å². The number of ether oxygens (including phenoxy) is 1. The lowest BCUT2D eigenvalue weighted by Crippen LogP contribution is -2.03. The average molecular weight is 243 g/mol. The molecule has 0 bridgehead atoms. The van der Waals surface area contributed by atoms with Gasteiger partial charge < -0.3 is 9.84 Å². The molecule has 1 aromatic carbocycles. The van der Waals surface area contributed by atoms with Crippen molar-refractivity contribution in [3.8, 4) is 17.0 Å². The minimum absolute atomic E-state index is 0.0779. The molecule has 0 aliphatic rings. The second kappa shape index (κ2) is 5.31. The quantitative estimate of drug-likeness (QED) is 0.895. The molecule has 4 heteroatoms. The van der Waals surface area contributed by atoms with Crippen molar-refractivity contribution < 1.29 is 14.6 Å². The monoisotopic (exact) mass is 243 g/mol. The van der Waals surface area contributed by atoms with Crippen molar-refractivity contribution in [1.82, 2.24) is 4.98 Å². The van der Waals surface area contributed by atoms with E-state index in [1.54, 1.807) is 12.3 Å². The summed E-state index contributed by atoms with van der Waals surface area (Å²) in [4.78, 5) is 15.1. The van der Waals surface area contributed by atoms with Crippen molar-refractivity contribution >= 4 is 5.97 Å². The molecule has 0 fully saturated rings. The van der Waals surface area contributed by atoms with E-state index in [1.165, 1.54) is 7.11 Å². The van der Waals surface area contributed by atoms with Crippen molar-refractivity contribution in [3.63, 3.8) is 0 Å². The van der Waals surface area contributed by atoms with E-state index in [0.29, 0.717) is 11.3 Å². The molecule has 0 atom stereocenters. The van der Waals surface area contributed by atoms with Crippen LogP contribution < -0.4 is 4.74 Å². The SMILES string of the molecule is COc1cnc(-c2ccccc2)cc1CC(=O)O. The van der Waals surface area contributed by atoms with Gasteiger partial charge in [0.2, 0.25) is 0 Å². The van der Waals surface area contributed by atoms with Crippen molar-refractivity contribution in [2.75, 3.05) is 7.11 Å². The molecular weight excluding hydrogens is 230 g/mol. The molecule has 2 rings (SSSR count). The van der Waals surface area contributed by atoms with Gasteiger partial charge in [0.25, 0.3) is 0 Å². The molecule has 0 saturated heterocycles. The third-order valence-electron chi connectivity index (χ3n) is 2.58. The number of rotatable bonds is 4. The van der Waals surface area contributed by atoms with Gasteiger partial charge in [0.1, 0.15) is 5.75 Å². The first-order valence-electron chi connectivity index (χ1n) is 5.51. The summed E-state index contributed by atoms with van der Waals surface area (Å²) in [5, 5.41) is 8.87. The zero-order valence-corrected chi connectivity index (χ0v) is 9.96. The highest BCUT2D eigenvalue weighted by Gasteiger charge is 2.10. The maximum atomic E-state index is 10.8. The second-order valence-electron chi connectivity index (χ2n) is 3.82. The van der Waals surface area contributed by atoms with E-state index in [1.807, 2.05) is 30.3 Å². The molecule has 0 amide bonds. The summed E-state index contributed by atoms with van der Waals surface area (Å²) >= 11 is 0. The summed E-state index contributed by atoms with van der Waals surface area (Å²) in [5.41, 5.74) is 2.32. The van der Waals surface area contributed by atoms with Crippen LogP contribution in [0.4, 0.5) is 0 Å². The van der Waals surface area contributed by atoms with Crippen LogP contribution in [0.1, 0.15) is 5.56 Å². The average Bonchev–Trinajstić information content (AvgIpc) is 2.39. The highest BCUT2D eigenvalue weighted by Crippen LogP contribution is 2.24. The van der Waals surface area contributed by atoms with Crippen LogP contribution in [0.3, 0.4) is 0 Å². The number of nitrogens with zero attached hydrogens (tertiary/aromatic N) is 1. The van der Waals surface area contributed by atoms with E-state index >= 15 is 0 Å². The standard InChI is InChI=1S/C14H13NO3/c1-18-13-9-15-12(7-11(13)8-14(16)17)10-5-3-2-4-6-10/h2-7,9H,8H2,1H3,(H,16,17). The maximum absolute atomic E-state index is 10.8. The predicted molar refractivity (Wildman–Crippen MR) is 67.6 cm³/mol. The van der Waals surface area contributed by atoms with Gasteiger partial charge in [-0.05, 0) is 6.07 Å². The second-order valence-corrected chi connectivity index (χ2v) is 3.82. The highest BCUT2D eigenvalue weighted by molar-refractivity contribution is 5.72. The Morgan fingerprint density at radius 1 is 1.33 bits per heavy atom. The Morgan fingerprint density at radius 2 is 2.06 bits per heavy atom. The number of methoxy groups -OCH3 is 1. The molecule has 0 saturated carbocycles. The van der Waals surface area contributed by atoms with Crippen LogP contribution in [0.15, 0.2) is 42.6 Å². The molecule has 0 aliphatic heterocycles. The number of hydrogen-bond acceptors (Lipinski definition) is 3. The Hall–Kier alpha value is -2.36. The Labute approximate surface area is 105 Å². The molecule has 0 aliphatic carbocycles. The number of carbonyl (C=O) groups is 1. The van der Waals surface area contributed by atoms with E-state index < -0.39 is 5.97 Å². The molecule has 0 unspecified atom stereocenters. The zero-order chi connectivity index (χ0) is 13.0. The first kappa shape index (κ1) is 12.1. The number of benzene rings is 1. The van der Waals surface area contributed by atoms with Crippen LogP contribution in [0.2, 0.25) is 0 Å². The van der Waals surface area contributed by atoms with Gasteiger partial charge in [-0.15, -0.1) is 0 Å². The van der Waals surface area contributed by atoms with E-state index in [9.17, 15) is 4.79 Å². The normalized spacial score (nSPS) is 10.1. The number of carboxylic acids is 1. The molecule has 1 heterocycles. The van der Waals surface area contributed by atoms with E-state index in [0.717, 1.165) is 11.3 Å². The minimum atomic E-state index is -0.890. The number of aromatic nitrogens is 1.